The summed E-state index contributed by atoms with van der Waals surface area (Å²) in [4.78, 5) is 27.9. The van der Waals surface area contributed by atoms with Gasteiger partial charge in [0.05, 0.1) is 29.1 Å². The number of rotatable bonds is 7. The van der Waals surface area contributed by atoms with E-state index in [-0.39, 0.29) is 11.8 Å². The molecule has 6 heteroatoms. The van der Waals surface area contributed by atoms with E-state index in [0.717, 1.165) is 46.5 Å². The molecule has 2 aromatic rings. The molecule has 4 rings (SSSR count). The van der Waals surface area contributed by atoms with Crippen LogP contribution in [0.2, 0.25) is 0 Å². The van der Waals surface area contributed by atoms with Gasteiger partial charge in [0.2, 0.25) is 0 Å². The van der Waals surface area contributed by atoms with Gasteiger partial charge in [0.1, 0.15) is 5.75 Å². The molecule has 2 heterocycles. The average molecular weight is 432 g/mol. The summed E-state index contributed by atoms with van der Waals surface area (Å²) in [6, 6.07) is 11.7. The molecule has 2 aliphatic heterocycles. The normalized spacial score (nSPS) is 15.4. The highest BCUT2D eigenvalue weighted by Gasteiger charge is 2.40. The number of nitrogens with zero attached hydrogens (tertiary/aromatic N) is 1. The summed E-state index contributed by atoms with van der Waals surface area (Å²) in [6.07, 6.45) is 0.940. The van der Waals surface area contributed by atoms with E-state index in [4.69, 9.17) is 4.74 Å². The molecule has 0 unspecified atom stereocenters. The third-order valence-electron chi connectivity index (χ3n) is 5.77. The Bertz CT molecular complexity index is 1130. The van der Waals surface area contributed by atoms with Crippen molar-refractivity contribution >= 4 is 23.2 Å². The maximum Gasteiger partial charge on any atom is 0.258 e. The van der Waals surface area contributed by atoms with Crippen LogP contribution < -0.4 is 15.4 Å². The Morgan fingerprint density at radius 3 is 1.88 bits per heavy atom. The van der Waals surface area contributed by atoms with E-state index in [0.29, 0.717) is 29.1 Å². The van der Waals surface area contributed by atoms with Crippen molar-refractivity contribution in [3.05, 3.63) is 75.4 Å². The van der Waals surface area contributed by atoms with Crippen molar-refractivity contribution in [2.24, 2.45) is 0 Å². The van der Waals surface area contributed by atoms with Crippen molar-refractivity contribution < 1.29 is 14.3 Å². The van der Waals surface area contributed by atoms with Crippen LogP contribution in [-0.2, 0) is 9.59 Å². The molecule has 2 aromatic carbocycles. The van der Waals surface area contributed by atoms with E-state index in [1.807, 2.05) is 71.3 Å². The number of fused-ring (bicyclic) bond motifs is 1. The fourth-order valence-electron chi connectivity index (χ4n) is 4.21. The standard InChI is InChI=1S/C26H29N3O3/c1-15-7-9-18(10-8-15)22-20-21(26(31)27-22)23(28-25(20)30)19-13-16(2)24(17(3)14-19)32-12-6-11-29(4)5/h7-10,13-14H,6,11-12H2,1-5H3,(H,27,31)(H,28,30). The van der Waals surface area contributed by atoms with Crippen LogP contribution in [-0.4, -0.2) is 44.0 Å². The van der Waals surface area contributed by atoms with E-state index in [2.05, 4.69) is 15.5 Å². The number of benzene rings is 2. The first-order valence-electron chi connectivity index (χ1n) is 10.8. The van der Waals surface area contributed by atoms with Gasteiger partial charge in [-0.25, -0.2) is 0 Å². The van der Waals surface area contributed by atoms with Crippen LogP contribution in [0.4, 0.5) is 0 Å². The third kappa shape index (κ3) is 4.06. The fraction of sp³-hybridized carbons (Fsp3) is 0.308. The lowest BCUT2D eigenvalue weighted by Gasteiger charge is -2.16. The third-order valence-corrected chi connectivity index (χ3v) is 5.77. The molecule has 0 spiro atoms. The molecule has 6 nitrogen and oxygen atoms in total. The fourth-order valence-corrected chi connectivity index (χ4v) is 4.21. The van der Waals surface area contributed by atoms with E-state index in [1.165, 1.54) is 0 Å². The zero-order valence-corrected chi connectivity index (χ0v) is 19.3. The van der Waals surface area contributed by atoms with Crippen LogP contribution in [0.15, 0.2) is 47.5 Å². The number of carbonyl (C=O) groups excluding carboxylic acids is 2. The maximum atomic E-state index is 12.9. The van der Waals surface area contributed by atoms with Crippen molar-refractivity contribution in [2.45, 2.75) is 27.2 Å². The van der Waals surface area contributed by atoms with Gasteiger partial charge in [-0.15, -0.1) is 0 Å². The first-order chi connectivity index (χ1) is 15.3. The Hall–Kier alpha value is -3.38. The van der Waals surface area contributed by atoms with E-state index in [1.54, 1.807) is 0 Å². The quantitative estimate of drug-likeness (QED) is 0.660. The summed E-state index contributed by atoms with van der Waals surface area (Å²) in [5.41, 5.74) is 6.62. The second kappa shape index (κ2) is 8.63. The molecule has 0 aromatic heterocycles. The number of nitrogens with one attached hydrogen (secondary N) is 2. The van der Waals surface area contributed by atoms with Gasteiger partial charge in [-0.1, -0.05) is 29.8 Å². The van der Waals surface area contributed by atoms with Gasteiger partial charge in [-0.2, -0.15) is 0 Å². The highest BCUT2D eigenvalue weighted by atomic mass is 16.5. The van der Waals surface area contributed by atoms with Crippen molar-refractivity contribution in [1.82, 2.24) is 15.5 Å². The van der Waals surface area contributed by atoms with Crippen LogP contribution in [0.1, 0.15) is 34.2 Å². The highest BCUT2D eigenvalue weighted by molar-refractivity contribution is 6.30. The van der Waals surface area contributed by atoms with Gasteiger partial charge in [0.25, 0.3) is 11.8 Å². The number of hydrogen-bond acceptors (Lipinski definition) is 4. The van der Waals surface area contributed by atoms with Gasteiger partial charge in [0, 0.05) is 6.54 Å². The maximum absolute atomic E-state index is 12.9. The first kappa shape index (κ1) is 21.8. The molecular formula is C26H29N3O3. The molecule has 0 saturated carbocycles. The second-order valence-electron chi connectivity index (χ2n) is 8.72. The number of carbonyl (C=O) groups is 2. The molecular weight excluding hydrogens is 402 g/mol. The Morgan fingerprint density at radius 2 is 1.34 bits per heavy atom. The van der Waals surface area contributed by atoms with Crippen LogP contribution in [0, 0.1) is 20.8 Å². The second-order valence-corrected chi connectivity index (χ2v) is 8.72. The summed E-state index contributed by atoms with van der Waals surface area (Å²) in [6.45, 7) is 7.58. The van der Waals surface area contributed by atoms with Crippen molar-refractivity contribution in [3.8, 4) is 5.75 Å². The van der Waals surface area contributed by atoms with Gasteiger partial charge >= 0.3 is 0 Å². The molecule has 2 N–H and O–H groups in total. The molecule has 32 heavy (non-hydrogen) atoms. The summed E-state index contributed by atoms with van der Waals surface area (Å²) in [5.74, 6) is 0.334. The molecule has 166 valence electrons. The van der Waals surface area contributed by atoms with Crippen LogP contribution in [0.25, 0.3) is 11.4 Å². The van der Waals surface area contributed by atoms with E-state index < -0.39 is 0 Å². The van der Waals surface area contributed by atoms with Crippen LogP contribution in [0.5, 0.6) is 5.75 Å². The lowest BCUT2D eigenvalue weighted by molar-refractivity contribution is -0.117. The summed E-state index contributed by atoms with van der Waals surface area (Å²) >= 11 is 0. The largest absolute Gasteiger partial charge is 0.493 e. The average Bonchev–Trinajstić information content (AvgIpc) is 3.25. The molecule has 0 aliphatic carbocycles. The van der Waals surface area contributed by atoms with E-state index >= 15 is 0 Å². The predicted octanol–water partition coefficient (Wildman–Crippen LogP) is 3.32. The summed E-state index contributed by atoms with van der Waals surface area (Å²) < 4.78 is 6.03. The smallest absolute Gasteiger partial charge is 0.258 e. The molecule has 2 aliphatic rings. The number of ether oxygens (including phenoxy) is 1. The minimum Gasteiger partial charge on any atom is -0.493 e. The first-order valence-corrected chi connectivity index (χ1v) is 10.8. The topological polar surface area (TPSA) is 70.7 Å². The number of aryl methyl sites for hydroxylation is 3. The minimum atomic E-state index is -0.261. The lowest BCUT2D eigenvalue weighted by Crippen LogP contribution is -2.21. The van der Waals surface area contributed by atoms with E-state index in [9.17, 15) is 9.59 Å². The molecule has 0 atom stereocenters. The van der Waals surface area contributed by atoms with Crippen molar-refractivity contribution in [2.75, 3.05) is 27.2 Å². The van der Waals surface area contributed by atoms with Crippen molar-refractivity contribution in [3.63, 3.8) is 0 Å². The zero-order chi connectivity index (χ0) is 23.0. The Labute approximate surface area is 189 Å². The predicted molar refractivity (Wildman–Crippen MR) is 126 cm³/mol. The number of hydrogen-bond donors (Lipinski definition) is 2. The van der Waals surface area contributed by atoms with Gasteiger partial charge in [-0.3, -0.25) is 9.59 Å². The molecule has 0 fully saturated rings. The summed E-state index contributed by atoms with van der Waals surface area (Å²) in [5, 5.41) is 5.83. The number of amides is 2. The Balaban J connectivity index is 1.68. The van der Waals surface area contributed by atoms with Crippen LogP contribution >= 0.6 is 0 Å². The monoisotopic (exact) mass is 431 g/mol. The van der Waals surface area contributed by atoms with Gasteiger partial charge in [-0.05, 0) is 75.7 Å². The molecule has 2 amide bonds. The highest BCUT2D eigenvalue weighted by Crippen LogP contribution is 2.38. The molecule has 0 bridgehead atoms. The SMILES string of the molecule is Cc1ccc(C2=C3C(=O)NC(c4cc(C)c(OCCCN(C)C)c(C)c4)=C3C(=O)N2)cc1. The summed E-state index contributed by atoms with van der Waals surface area (Å²) in [7, 11) is 4.09. The van der Waals surface area contributed by atoms with Gasteiger partial charge < -0.3 is 20.3 Å². The minimum absolute atomic E-state index is 0.261. The van der Waals surface area contributed by atoms with Crippen LogP contribution in [0.3, 0.4) is 0 Å². The zero-order valence-electron chi connectivity index (χ0n) is 19.3. The van der Waals surface area contributed by atoms with Gasteiger partial charge in [0.15, 0.2) is 0 Å². The Kier molecular flexibility index (Phi) is 5.89. The van der Waals surface area contributed by atoms with Crippen molar-refractivity contribution in [1.29, 1.82) is 0 Å². The lowest BCUT2D eigenvalue weighted by atomic mass is 9.99. The molecule has 0 saturated heterocycles. The Morgan fingerprint density at radius 1 is 0.812 bits per heavy atom. The molecule has 0 radical (unpaired) electrons.